The smallest absolute Gasteiger partial charge is 0.225 e. The van der Waals surface area contributed by atoms with Crippen LogP contribution in [0, 0.1) is 0 Å². The highest BCUT2D eigenvalue weighted by atomic mass is 35.5. The Kier molecular flexibility index (Phi) is 3.76. The SMILES string of the molecule is CC1OCCC1(O)CNS(=O)(=O)CCl. The second-order valence-electron chi connectivity index (χ2n) is 3.41. The van der Waals surface area contributed by atoms with E-state index in [-0.39, 0.29) is 12.6 Å². The van der Waals surface area contributed by atoms with E-state index in [1.165, 1.54) is 0 Å². The molecule has 0 aromatic heterocycles. The van der Waals surface area contributed by atoms with Crippen LogP contribution in [0.15, 0.2) is 0 Å². The molecule has 2 unspecified atom stereocenters. The number of hydrogen-bond acceptors (Lipinski definition) is 4. The molecule has 1 saturated heterocycles. The third-order valence-corrected chi connectivity index (χ3v) is 4.13. The summed E-state index contributed by atoms with van der Waals surface area (Å²) in [5.74, 6) is 0. The minimum atomic E-state index is -3.47. The maximum atomic E-state index is 11.0. The van der Waals surface area contributed by atoms with Crippen molar-refractivity contribution in [3.8, 4) is 0 Å². The van der Waals surface area contributed by atoms with E-state index < -0.39 is 20.8 Å². The Morgan fingerprint density at radius 1 is 1.71 bits per heavy atom. The first-order valence-electron chi connectivity index (χ1n) is 4.27. The molecule has 1 fully saturated rings. The van der Waals surface area contributed by atoms with Gasteiger partial charge in [-0.25, -0.2) is 13.1 Å². The molecular formula is C7H14ClNO4S. The van der Waals surface area contributed by atoms with Crippen LogP contribution in [0.25, 0.3) is 0 Å². The Morgan fingerprint density at radius 3 is 2.79 bits per heavy atom. The van der Waals surface area contributed by atoms with Gasteiger partial charge in [-0.3, -0.25) is 0 Å². The second-order valence-corrected chi connectivity index (χ2v) is 5.80. The molecule has 1 heterocycles. The Bertz CT molecular complexity index is 294. The summed E-state index contributed by atoms with van der Waals surface area (Å²) in [7, 11) is -3.47. The molecule has 0 aliphatic carbocycles. The predicted molar refractivity (Wildman–Crippen MR) is 52.6 cm³/mol. The summed E-state index contributed by atoms with van der Waals surface area (Å²) in [6.07, 6.45) is 0.0689. The molecular weight excluding hydrogens is 230 g/mol. The zero-order valence-corrected chi connectivity index (χ0v) is 9.44. The molecule has 1 aliphatic heterocycles. The number of alkyl halides is 1. The van der Waals surface area contributed by atoms with E-state index in [1.54, 1.807) is 6.92 Å². The number of sulfonamides is 1. The lowest BCUT2D eigenvalue weighted by Crippen LogP contribution is -2.47. The van der Waals surface area contributed by atoms with Gasteiger partial charge in [0.25, 0.3) is 0 Å². The third-order valence-electron chi connectivity index (χ3n) is 2.40. The molecule has 0 spiro atoms. The second kappa shape index (κ2) is 4.32. The van der Waals surface area contributed by atoms with Gasteiger partial charge in [0.1, 0.15) is 10.8 Å². The number of ether oxygens (including phenoxy) is 1. The van der Waals surface area contributed by atoms with Crippen molar-refractivity contribution in [1.29, 1.82) is 0 Å². The van der Waals surface area contributed by atoms with Gasteiger partial charge >= 0.3 is 0 Å². The van der Waals surface area contributed by atoms with Crippen molar-refractivity contribution < 1.29 is 18.3 Å². The molecule has 0 saturated carbocycles. The van der Waals surface area contributed by atoms with E-state index in [0.29, 0.717) is 13.0 Å². The predicted octanol–water partition coefficient (Wildman–Crippen LogP) is -0.358. The summed E-state index contributed by atoms with van der Waals surface area (Å²) in [5, 5.41) is 9.42. The number of hydrogen-bond donors (Lipinski definition) is 2. The van der Waals surface area contributed by atoms with E-state index in [4.69, 9.17) is 16.3 Å². The molecule has 2 atom stereocenters. The fourth-order valence-corrected chi connectivity index (χ4v) is 2.05. The van der Waals surface area contributed by atoms with Gasteiger partial charge in [-0.1, -0.05) is 0 Å². The van der Waals surface area contributed by atoms with Gasteiger partial charge < -0.3 is 9.84 Å². The van der Waals surface area contributed by atoms with Crippen molar-refractivity contribution in [3.05, 3.63) is 0 Å². The van der Waals surface area contributed by atoms with Gasteiger partial charge in [-0.15, -0.1) is 11.6 Å². The van der Waals surface area contributed by atoms with E-state index >= 15 is 0 Å². The lowest BCUT2D eigenvalue weighted by Gasteiger charge is -2.25. The molecule has 0 radical (unpaired) electrons. The van der Waals surface area contributed by atoms with Crippen LogP contribution in [0.5, 0.6) is 0 Å². The van der Waals surface area contributed by atoms with Crippen LogP contribution in [-0.2, 0) is 14.8 Å². The highest BCUT2D eigenvalue weighted by Gasteiger charge is 2.40. The molecule has 84 valence electrons. The van der Waals surface area contributed by atoms with Crippen LogP contribution >= 0.6 is 11.6 Å². The fraction of sp³-hybridized carbons (Fsp3) is 1.00. The van der Waals surface area contributed by atoms with Crippen molar-refractivity contribution >= 4 is 21.6 Å². The van der Waals surface area contributed by atoms with Crippen LogP contribution in [0.3, 0.4) is 0 Å². The molecule has 0 aromatic carbocycles. The van der Waals surface area contributed by atoms with Gasteiger partial charge in [0, 0.05) is 19.6 Å². The normalized spacial score (nSPS) is 33.5. The first-order valence-corrected chi connectivity index (χ1v) is 6.45. The van der Waals surface area contributed by atoms with Gasteiger partial charge in [0.15, 0.2) is 0 Å². The van der Waals surface area contributed by atoms with Crippen LogP contribution in [0.1, 0.15) is 13.3 Å². The van der Waals surface area contributed by atoms with Gasteiger partial charge in [-0.2, -0.15) is 0 Å². The summed E-state index contributed by atoms with van der Waals surface area (Å²) in [6, 6.07) is 0. The number of rotatable bonds is 4. The maximum Gasteiger partial charge on any atom is 0.225 e. The Hall–Kier alpha value is 0.120. The van der Waals surface area contributed by atoms with E-state index in [9.17, 15) is 13.5 Å². The average molecular weight is 244 g/mol. The zero-order valence-electron chi connectivity index (χ0n) is 7.86. The minimum absolute atomic E-state index is 0.0524. The molecule has 5 nitrogen and oxygen atoms in total. The molecule has 2 N–H and O–H groups in total. The molecule has 14 heavy (non-hydrogen) atoms. The first-order chi connectivity index (χ1) is 6.40. The number of aliphatic hydroxyl groups is 1. The molecule has 1 rings (SSSR count). The average Bonchev–Trinajstić information content (AvgIpc) is 2.45. The van der Waals surface area contributed by atoms with Crippen LogP contribution in [0.4, 0.5) is 0 Å². The number of halogens is 1. The maximum absolute atomic E-state index is 11.0. The van der Waals surface area contributed by atoms with Crippen LogP contribution in [0.2, 0.25) is 0 Å². The third kappa shape index (κ3) is 2.80. The number of nitrogens with one attached hydrogen (secondary N) is 1. The quantitative estimate of drug-likeness (QED) is 0.662. The summed E-state index contributed by atoms with van der Waals surface area (Å²) in [4.78, 5) is 0. The van der Waals surface area contributed by atoms with Gasteiger partial charge in [0.05, 0.1) is 6.10 Å². The monoisotopic (exact) mass is 243 g/mol. The Morgan fingerprint density at radius 2 is 2.36 bits per heavy atom. The Balaban J connectivity index is 2.52. The van der Waals surface area contributed by atoms with Crippen molar-refractivity contribution in [2.24, 2.45) is 0 Å². The van der Waals surface area contributed by atoms with Crippen molar-refractivity contribution in [3.63, 3.8) is 0 Å². The Labute approximate surface area is 88.4 Å². The summed E-state index contributed by atoms with van der Waals surface area (Å²) in [5.41, 5.74) is -1.11. The molecule has 7 heteroatoms. The van der Waals surface area contributed by atoms with E-state index in [0.717, 1.165) is 0 Å². The highest BCUT2D eigenvalue weighted by Crippen LogP contribution is 2.24. The van der Waals surface area contributed by atoms with Crippen LogP contribution in [-0.4, -0.2) is 43.6 Å². The van der Waals surface area contributed by atoms with E-state index in [1.807, 2.05) is 0 Å². The zero-order chi connectivity index (χ0) is 10.8. The van der Waals surface area contributed by atoms with Crippen LogP contribution < -0.4 is 4.72 Å². The lowest BCUT2D eigenvalue weighted by molar-refractivity contribution is -0.0228. The molecule has 0 bridgehead atoms. The molecule has 0 amide bonds. The van der Waals surface area contributed by atoms with Gasteiger partial charge in [-0.05, 0) is 6.92 Å². The first kappa shape index (κ1) is 12.2. The lowest BCUT2D eigenvalue weighted by atomic mass is 9.97. The van der Waals surface area contributed by atoms with Gasteiger partial charge in [0.2, 0.25) is 10.0 Å². The summed E-state index contributed by atoms with van der Waals surface area (Å²) in [6.45, 7) is 2.10. The van der Waals surface area contributed by atoms with E-state index in [2.05, 4.69) is 4.72 Å². The minimum Gasteiger partial charge on any atom is -0.386 e. The molecule has 1 aliphatic rings. The fourth-order valence-electron chi connectivity index (χ4n) is 1.28. The largest absolute Gasteiger partial charge is 0.386 e. The highest BCUT2D eigenvalue weighted by molar-refractivity contribution is 7.90. The van der Waals surface area contributed by atoms with Crippen molar-refractivity contribution in [2.45, 2.75) is 25.0 Å². The van der Waals surface area contributed by atoms with Crippen molar-refractivity contribution in [1.82, 2.24) is 4.72 Å². The molecule has 0 aromatic rings. The summed E-state index contributed by atoms with van der Waals surface area (Å²) >= 11 is 5.20. The topological polar surface area (TPSA) is 75.6 Å². The standard InChI is InChI=1S/C7H14ClNO4S/c1-6-7(10,2-3-13-6)4-9-14(11,12)5-8/h6,9-10H,2-5H2,1H3. The summed E-state index contributed by atoms with van der Waals surface area (Å²) < 4.78 is 29.4. The van der Waals surface area contributed by atoms with Crippen molar-refractivity contribution in [2.75, 3.05) is 18.4 Å².